The van der Waals surface area contributed by atoms with Gasteiger partial charge in [0, 0.05) is 36.9 Å². The van der Waals surface area contributed by atoms with Gasteiger partial charge in [-0.1, -0.05) is 30.3 Å². The predicted octanol–water partition coefficient (Wildman–Crippen LogP) is 2.30. The molecule has 1 aliphatic heterocycles. The SMILES string of the molecule is Cc1nc(C2(c3ccccc3)CCN(C(=O)CCNS(C)(=O)=O)CC2)cs1. The van der Waals surface area contributed by atoms with Crippen molar-refractivity contribution in [2.75, 3.05) is 25.9 Å². The van der Waals surface area contributed by atoms with Gasteiger partial charge in [0.25, 0.3) is 0 Å². The van der Waals surface area contributed by atoms with Crippen LogP contribution in [0.25, 0.3) is 0 Å². The maximum absolute atomic E-state index is 12.4. The highest BCUT2D eigenvalue weighted by Gasteiger charge is 2.40. The van der Waals surface area contributed by atoms with Crippen LogP contribution >= 0.6 is 11.3 Å². The van der Waals surface area contributed by atoms with Crippen LogP contribution < -0.4 is 4.72 Å². The van der Waals surface area contributed by atoms with Crippen molar-refractivity contribution >= 4 is 27.3 Å². The first-order valence-corrected chi connectivity index (χ1v) is 11.8. The molecule has 1 aliphatic rings. The zero-order valence-electron chi connectivity index (χ0n) is 15.6. The van der Waals surface area contributed by atoms with Crippen LogP contribution in [0.3, 0.4) is 0 Å². The number of hydrogen-bond acceptors (Lipinski definition) is 5. The number of aromatic nitrogens is 1. The molecule has 1 fully saturated rings. The third-order valence-corrected chi connectivity index (χ3v) is 6.61. The van der Waals surface area contributed by atoms with E-state index in [1.165, 1.54) is 5.56 Å². The molecule has 1 aromatic carbocycles. The summed E-state index contributed by atoms with van der Waals surface area (Å²) in [7, 11) is -3.27. The Kier molecular flexibility index (Phi) is 5.98. The number of rotatable bonds is 6. The summed E-state index contributed by atoms with van der Waals surface area (Å²) in [5.74, 6) is -0.0118. The highest BCUT2D eigenvalue weighted by molar-refractivity contribution is 7.88. The summed E-state index contributed by atoms with van der Waals surface area (Å²) in [5, 5.41) is 3.18. The lowest BCUT2D eigenvalue weighted by atomic mass is 9.70. The largest absolute Gasteiger partial charge is 0.343 e. The van der Waals surface area contributed by atoms with Gasteiger partial charge in [-0.05, 0) is 25.3 Å². The summed E-state index contributed by atoms with van der Waals surface area (Å²) in [6, 6.07) is 10.4. The molecule has 2 heterocycles. The Bertz CT molecular complexity index is 886. The highest BCUT2D eigenvalue weighted by atomic mass is 32.2. The van der Waals surface area contributed by atoms with Crippen molar-refractivity contribution in [2.45, 2.75) is 31.6 Å². The molecule has 0 atom stereocenters. The number of carbonyl (C=O) groups excluding carboxylic acids is 1. The number of thiazole rings is 1. The molecule has 8 heteroatoms. The molecule has 0 bridgehead atoms. The highest BCUT2D eigenvalue weighted by Crippen LogP contribution is 2.42. The van der Waals surface area contributed by atoms with Gasteiger partial charge in [-0.15, -0.1) is 11.3 Å². The van der Waals surface area contributed by atoms with E-state index >= 15 is 0 Å². The van der Waals surface area contributed by atoms with E-state index < -0.39 is 10.0 Å². The number of carbonyl (C=O) groups is 1. The second-order valence-corrected chi connectivity index (χ2v) is 9.89. The molecule has 1 saturated heterocycles. The predicted molar refractivity (Wildman–Crippen MR) is 107 cm³/mol. The molecule has 3 rings (SSSR count). The maximum atomic E-state index is 12.4. The first-order valence-electron chi connectivity index (χ1n) is 9.01. The van der Waals surface area contributed by atoms with Crippen molar-refractivity contribution in [3.05, 3.63) is 52.0 Å². The first-order chi connectivity index (χ1) is 12.8. The quantitative estimate of drug-likeness (QED) is 0.797. The fourth-order valence-electron chi connectivity index (χ4n) is 3.67. The van der Waals surface area contributed by atoms with Gasteiger partial charge in [0.1, 0.15) is 0 Å². The number of amides is 1. The van der Waals surface area contributed by atoms with E-state index in [9.17, 15) is 13.2 Å². The van der Waals surface area contributed by atoms with Crippen LogP contribution in [0.4, 0.5) is 0 Å². The summed E-state index contributed by atoms with van der Waals surface area (Å²) in [4.78, 5) is 19.1. The molecule has 0 spiro atoms. The van der Waals surface area contributed by atoms with E-state index in [1.807, 2.05) is 30.0 Å². The lowest BCUT2D eigenvalue weighted by Gasteiger charge is -2.41. The van der Waals surface area contributed by atoms with Gasteiger partial charge in [-0.2, -0.15) is 0 Å². The number of hydrogen-bond donors (Lipinski definition) is 1. The lowest BCUT2D eigenvalue weighted by molar-refractivity contribution is -0.132. The Hall–Kier alpha value is -1.77. The number of benzene rings is 1. The Labute approximate surface area is 164 Å². The molecule has 1 aromatic heterocycles. The van der Waals surface area contributed by atoms with Crippen molar-refractivity contribution in [3.8, 4) is 0 Å². The standard InChI is InChI=1S/C19H25N3O3S2/c1-15-21-17(14-26-15)19(16-6-4-3-5-7-16)9-12-22(13-10-19)18(23)8-11-20-27(2,24)25/h3-7,14,20H,8-13H2,1-2H3. The topological polar surface area (TPSA) is 79.4 Å². The lowest BCUT2D eigenvalue weighted by Crippen LogP contribution is -2.46. The Morgan fingerprint density at radius 3 is 2.48 bits per heavy atom. The minimum atomic E-state index is -3.27. The Morgan fingerprint density at radius 2 is 1.93 bits per heavy atom. The third-order valence-electron chi connectivity index (χ3n) is 5.11. The number of sulfonamides is 1. The summed E-state index contributed by atoms with van der Waals surface area (Å²) in [6.45, 7) is 3.44. The fourth-order valence-corrected chi connectivity index (χ4v) is 4.86. The molecule has 2 aromatic rings. The van der Waals surface area contributed by atoms with Crippen LogP contribution in [-0.2, 0) is 20.2 Å². The molecule has 146 valence electrons. The number of nitrogens with zero attached hydrogens (tertiary/aromatic N) is 2. The molecular weight excluding hydrogens is 382 g/mol. The average molecular weight is 408 g/mol. The molecule has 0 unspecified atom stereocenters. The van der Waals surface area contributed by atoms with E-state index in [1.54, 1.807) is 11.3 Å². The zero-order valence-corrected chi connectivity index (χ0v) is 17.3. The third kappa shape index (κ3) is 4.75. The molecule has 6 nitrogen and oxygen atoms in total. The van der Waals surface area contributed by atoms with Crippen LogP contribution in [0.2, 0.25) is 0 Å². The van der Waals surface area contributed by atoms with Gasteiger partial charge >= 0.3 is 0 Å². The molecule has 27 heavy (non-hydrogen) atoms. The van der Waals surface area contributed by atoms with E-state index in [-0.39, 0.29) is 24.3 Å². The van der Waals surface area contributed by atoms with E-state index in [0.717, 1.165) is 29.8 Å². The van der Waals surface area contributed by atoms with E-state index in [0.29, 0.717) is 13.1 Å². The van der Waals surface area contributed by atoms with E-state index in [2.05, 4.69) is 22.2 Å². The fraction of sp³-hybridized carbons (Fsp3) is 0.474. The van der Waals surface area contributed by atoms with Gasteiger partial charge < -0.3 is 4.90 Å². The number of likely N-dealkylation sites (tertiary alicyclic amines) is 1. The zero-order chi connectivity index (χ0) is 19.5. The molecular formula is C19H25N3O3S2. The number of piperidine rings is 1. The second-order valence-electron chi connectivity index (χ2n) is 7.00. The molecule has 1 amide bonds. The first kappa shape index (κ1) is 20.0. The van der Waals surface area contributed by atoms with Crippen molar-refractivity contribution in [1.82, 2.24) is 14.6 Å². The average Bonchev–Trinajstić information content (AvgIpc) is 3.08. The van der Waals surface area contributed by atoms with Crippen LogP contribution in [0, 0.1) is 6.92 Å². The molecule has 0 aliphatic carbocycles. The number of nitrogens with one attached hydrogen (secondary N) is 1. The monoisotopic (exact) mass is 407 g/mol. The van der Waals surface area contributed by atoms with Crippen molar-refractivity contribution in [1.29, 1.82) is 0 Å². The Balaban J connectivity index is 1.72. The van der Waals surface area contributed by atoms with Crippen molar-refractivity contribution in [3.63, 3.8) is 0 Å². The molecule has 1 N–H and O–H groups in total. The van der Waals surface area contributed by atoms with Crippen LogP contribution in [-0.4, -0.2) is 50.1 Å². The summed E-state index contributed by atoms with van der Waals surface area (Å²) in [5.41, 5.74) is 2.15. The normalized spacial score (nSPS) is 17.0. The summed E-state index contributed by atoms with van der Waals surface area (Å²) < 4.78 is 24.7. The summed E-state index contributed by atoms with van der Waals surface area (Å²) in [6.07, 6.45) is 2.90. The summed E-state index contributed by atoms with van der Waals surface area (Å²) >= 11 is 1.65. The van der Waals surface area contributed by atoms with Gasteiger partial charge in [0.05, 0.1) is 17.0 Å². The smallest absolute Gasteiger partial charge is 0.223 e. The van der Waals surface area contributed by atoms with E-state index in [4.69, 9.17) is 4.98 Å². The van der Waals surface area contributed by atoms with Gasteiger partial charge in [0.2, 0.25) is 15.9 Å². The van der Waals surface area contributed by atoms with Gasteiger partial charge in [-0.25, -0.2) is 18.1 Å². The second kappa shape index (κ2) is 8.08. The van der Waals surface area contributed by atoms with Crippen LogP contribution in [0.1, 0.15) is 35.5 Å². The maximum Gasteiger partial charge on any atom is 0.223 e. The van der Waals surface area contributed by atoms with Gasteiger partial charge in [-0.3, -0.25) is 4.79 Å². The molecule has 0 radical (unpaired) electrons. The minimum absolute atomic E-state index is 0.0118. The van der Waals surface area contributed by atoms with Crippen LogP contribution in [0.5, 0.6) is 0 Å². The van der Waals surface area contributed by atoms with Gasteiger partial charge in [0.15, 0.2) is 0 Å². The minimum Gasteiger partial charge on any atom is -0.343 e. The van der Waals surface area contributed by atoms with Crippen molar-refractivity contribution < 1.29 is 13.2 Å². The van der Waals surface area contributed by atoms with Crippen molar-refractivity contribution in [2.24, 2.45) is 0 Å². The molecule has 0 saturated carbocycles. The Morgan fingerprint density at radius 1 is 1.26 bits per heavy atom. The number of aryl methyl sites for hydroxylation is 1. The van der Waals surface area contributed by atoms with Crippen LogP contribution in [0.15, 0.2) is 35.7 Å².